The molecule has 21 heavy (non-hydrogen) atoms. The molecular weight excluding hydrogens is 266 g/mol. The molecule has 2 saturated heterocycles. The molecule has 2 aliphatic heterocycles. The van der Waals surface area contributed by atoms with Crippen molar-refractivity contribution in [3.63, 3.8) is 0 Å². The lowest BCUT2D eigenvalue weighted by molar-refractivity contribution is -0.123. The van der Waals surface area contributed by atoms with E-state index in [1.54, 1.807) is 0 Å². The van der Waals surface area contributed by atoms with Gasteiger partial charge in [-0.1, -0.05) is 0 Å². The summed E-state index contributed by atoms with van der Waals surface area (Å²) < 4.78 is 5.37. The number of hydrogen-bond donors (Lipinski definition) is 2. The van der Waals surface area contributed by atoms with Crippen molar-refractivity contribution < 1.29 is 9.53 Å². The zero-order chi connectivity index (χ0) is 14.5. The van der Waals surface area contributed by atoms with Crippen molar-refractivity contribution >= 4 is 17.3 Å². The largest absolute Gasteiger partial charge is 0.381 e. The Morgan fingerprint density at radius 1 is 1.24 bits per heavy atom. The molecule has 5 heteroatoms. The molecule has 3 rings (SSSR count). The van der Waals surface area contributed by atoms with Crippen LogP contribution in [0.25, 0.3) is 0 Å². The zero-order valence-corrected chi connectivity index (χ0v) is 12.3. The molecule has 1 aromatic rings. The third-order valence-electron chi connectivity index (χ3n) is 4.15. The number of rotatable bonds is 3. The molecule has 2 fully saturated rings. The summed E-state index contributed by atoms with van der Waals surface area (Å²) in [5.41, 5.74) is 2.08. The number of piperazine rings is 1. The predicted octanol–water partition coefficient (Wildman–Crippen LogP) is 1.46. The second-order valence-electron chi connectivity index (χ2n) is 5.69. The number of nitrogens with one attached hydrogen (secondary N) is 2. The molecule has 1 amide bonds. The van der Waals surface area contributed by atoms with Gasteiger partial charge in [0.05, 0.1) is 12.5 Å². The molecule has 0 bridgehead atoms. The van der Waals surface area contributed by atoms with Gasteiger partial charge in [-0.05, 0) is 37.1 Å². The van der Waals surface area contributed by atoms with E-state index in [0.29, 0.717) is 6.61 Å². The Hall–Kier alpha value is -1.59. The summed E-state index contributed by atoms with van der Waals surface area (Å²) in [6, 6.07) is 8.13. The molecule has 2 N–H and O–H groups in total. The van der Waals surface area contributed by atoms with E-state index in [1.165, 1.54) is 5.69 Å². The van der Waals surface area contributed by atoms with E-state index in [9.17, 15) is 4.79 Å². The Kier molecular flexibility index (Phi) is 4.72. The van der Waals surface area contributed by atoms with Crippen LogP contribution in [0.5, 0.6) is 0 Å². The normalized spacial score (nSPS) is 22.9. The molecule has 5 nitrogen and oxygen atoms in total. The van der Waals surface area contributed by atoms with Crippen LogP contribution >= 0.6 is 0 Å². The quantitative estimate of drug-likeness (QED) is 0.884. The Morgan fingerprint density at radius 2 is 2.00 bits per heavy atom. The van der Waals surface area contributed by atoms with E-state index in [0.717, 1.165) is 51.3 Å². The number of ether oxygens (including phenoxy) is 1. The van der Waals surface area contributed by atoms with E-state index < -0.39 is 0 Å². The maximum Gasteiger partial charge on any atom is 0.229 e. The number of amides is 1. The molecule has 1 atom stereocenters. The SMILES string of the molecule is O=C(Nc1ccc(N2CCNCC2)cc1)C1CCCOC1. The number of benzene rings is 1. The highest BCUT2D eigenvalue weighted by Crippen LogP contribution is 2.20. The number of anilines is 2. The average molecular weight is 289 g/mol. The summed E-state index contributed by atoms with van der Waals surface area (Å²) in [6.45, 7) is 5.45. The minimum atomic E-state index is -0.00778. The minimum Gasteiger partial charge on any atom is -0.381 e. The minimum absolute atomic E-state index is 0.00778. The summed E-state index contributed by atoms with van der Waals surface area (Å²) >= 11 is 0. The highest BCUT2D eigenvalue weighted by molar-refractivity contribution is 5.92. The lowest BCUT2D eigenvalue weighted by atomic mass is 10.0. The smallest absolute Gasteiger partial charge is 0.229 e. The summed E-state index contributed by atoms with van der Waals surface area (Å²) in [4.78, 5) is 14.5. The van der Waals surface area contributed by atoms with Crippen molar-refractivity contribution in [2.24, 2.45) is 5.92 Å². The molecule has 0 aliphatic carbocycles. The third-order valence-corrected chi connectivity index (χ3v) is 4.15. The molecule has 2 aliphatic rings. The monoisotopic (exact) mass is 289 g/mol. The maximum atomic E-state index is 12.1. The lowest BCUT2D eigenvalue weighted by Crippen LogP contribution is -2.43. The van der Waals surface area contributed by atoms with Crippen LogP contribution in [-0.2, 0) is 9.53 Å². The van der Waals surface area contributed by atoms with Crippen LogP contribution < -0.4 is 15.5 Å². The summed E-state index contributed by atoms with van der Waals surface area (Å²) in [6.07, 6.45) is 1.89. The first-order chi connectivity index (χ1) is 10.3. The maximum absolute atomic E-state index is 12.1. The molecule has 0 radical (unpaired) electrons. The molecule has 0 saturated carbocycles. The predicted molar refractivity (Wildman–Crippen MR) is 83.7 cm³/mol. The summed E-state index contributed by atoms with van der Waals surface area (Å²) in [5.74, 6) is 0.0659. The Balaban J connectivity index is 1.57. The zero-order valence-electron chi connectivity index (χ0n) is 12.3. The standard InChI is InChI=1S/C16H23N3O2/c20-16(13-2-1-11-21-12-13)18-14-3-5-15(6-4-14)19-9-7-17-8-10-19/h3-6,13,17H,1-2,7-12H2,(H,18,20). The second kappa shape index (κ2) is 6.91. The van der Waals surface area contributed by atoms with E-state index in [2.05, 4.69) is 27.7 Å². The van der Waals surface area contributed by atoms with Crippen LogP contribution in [0.4, 0.5) is 11.4 Å². The van der Waals surface area contributed by atoms with Gasteiger partial charge in [-0.25, -0.2) is 0 Å². The van der Waals surface area contributed by atoms with Gasteiger partial charge in [0.2, 0.25) is 5.91 Å². The van der Waals surface area contributed by atoms with Crippen molar-refractivity contribution in [2.75, 3.05) is 49.6 Å². The van der Waals surface area contributed by atoms with Crippen LogP contribution in [-0.4, -0.2) is 45.3 Å². The van der Waals surface area contributed by atoms with E-state index in [4.69, 9.17) is 4.74 Å². The van der Waals surface area contributed by atoms with Gasteiger partial charge in [-0.2, -0.15) is 0 Å². The topological polar surface area (TPSA) is 53.6 Å². The first kappa shape index (κ1) is 14.4. The fourth-order valence-corrected chi connectivity index (χ4v) is 2.87. The average Bonchev–Trinajstić information content (AvgIpc) is 2.57. The Morgan fingerprint density at radius 3 is 2.67 bits per heavy atom. The number of carbonyl (C=O) groups excluding carboxylic acids is 1. The first-order valence-electron chi connectivity index (χ1n) is 7.77. The fraction of sp³-hybridized carbons (Fsp3) is 0.562. The number of hydrogen-bond acceptors (Lipinski definition) is 4. The van der Waals surface area contributed by atoms with Crippen molar-refractivity contribution in [1.29, 1.82) is 0 Å². The molecule has 1 unspecified atom stereocenters. The highest BCUT2D eigenvalue weighted by Gasteiger charge is 2.21. The van der Waals surface area contributed by atoms with Crippen LogP contribution in [0.3, 0.4) is 0 Å². The van der Waals surface area contributed by atoms with Gasteiger partial charge in [-0.15, -0.1) is 0 Å². The van der Waals surface area contributed by atoms with Gasteiger partial charge >= 0.3 is 0 Å². The summed E-state index contributed by atoms with van der Waals surface area (Å²) in [7, 11) is 0. The highest BCUT2D eigenvalue weighted by atomic mass is 16.5. The van der Waals surface area contributed by atoms with Gasteiger partial charge in [0.15, 0.2) is 0 Å². The molecule has 1 aromatic carbocycles. The number of carbonyl (C=O) groups is 1. The van der Waals surface area contributed by atoms with Crippen molar-refractivity contribution in [3.05, 3.63) is 24.3 Å². The van der Waals surface area contributed by atoms with E-state index in [-0.39, 0.29) is 11.8 Å². The van der Waals surface area contributed by atoms with Crippen LogP contribution in [0, 0.1) is 5.92 Å². The molecule has 114 valence electrons. The van der Waals surface area contributed by atoms with E-state index in [1.807, 2.05) is 12.1 Å². The van der Waals surface area contributed by atoms with Crippen molar-refractivity contribution in [3.8, 4) is 0 Å². The Bertz CT molecular complexity index is 463. The second-order valence-corrected chi connectivity index (χ2v) is 5.69. The van der Waals surface area contributed by atoms with Gasteiger partial charge in [0.1, 0.15) is 0 Å². The molecule has 2 heterocycles. The van der Waals surface area contributed by atoms with Gasteiger partial charge in [0.25, 0.3) is 0 Å². The van der Waals surface area contributed by atoms with Crippen LogP contribution in [0.1, 0.15) is 12.8 Å². The molecule has 0 aromatic heterocycles. The lowest BCUT2D eigenvalue weighted by Gasteiger charge is -2.29. The van der Waals surface area contributed by atoms with Gasteiger partial charge < -0.3 is 20.3 Å². The van der Waals surface area contributed by atoms with E-state index >= 15 is 0 Å². The third kappa shape index (κ3) is 3.74. The summed E-state index contributed by atoms with van der Waals surface area (Å²) in [5, 5.41) is 6.34. The fourth-order valence-electron chi connectivity index (χ4n) is 2.87. The van der Waals surface area contributed by atoms with Crippen LogP contribution in [0.15, 0.2) is 24.3 Å². The van der Waals surface area contributed by atoms with Crippen molar-refractivity contribution in [2.45, 2.75) is 12.8 Å². The van der Waals surface area contributed by atoms with Crippen LogP contribution in [0.2, 0.25) is 0 Å². The van der Waals surface area contributed by atoms with Gasteiger partial charge in [-0.3, -0.25) is 4.79 Å². The molecular formula is C16H23N3O2. The van der Waals surface area contributed by atoms with Gasteiger partial charge in [0, 0.05) is 44.2 Å². The number of nitrogens with zero attached hydrogens (tertiary/aromatic N) is 1. The van der Waals surface area contributed by atoms with Crippen molar-refractivity contribution in [1.82, 2.24) is 5.32 Å². The molecule has 0 spiro atoms. The first-order valence-corrected chi connectivity index (χ1v) is 7.77. The Labute approximate surface area is 125 Å².